The van der Waals surface area contributed by atoms with Gasteiger partial charge in [0.05, 0.1) is 47.3 Å². The average Bonchev–Trinajstić information content (AvgIpc) is 2.92. The van der Waals surface area contributed by atoms with Gasteiger partial charge in [-0.1, -0.05) is 15.9 Å². The van der Waals surface area contributed by atoms with E-state index in [2.05, 4.69) is 26.5 Å². The summed E-state index contributed by atoms with van der Waals surface area (Å²) < 4.78 is 32.6. The number of hydrazone groups is 1. The largest absolute Gasteiger partial charge is 0.493 e. The van der Waals surface area contributed by atoms with Gasteiger partial charge in [-0.2, -0.15) is 5.10 Å². The number of methoxy groups -OCH3 is 5. The maximum absolute atomic E-state index is 12.8. The van der Waals surface area contributed by atoms with Crippen LogP contribution in [0, 0.1) is 0 Å². The summed E-state index contributed by atoms with van der Waals surface area (Å²) in [4.78, 5) is 25.5. The van der Waals surface area contributed by atoms with Gasteiger partial charge in [-0.15, -0.1) is 0 Å². The van der Waals surface area contributed by atoms with Crippen LogP contribution in [0.4, 0.5) is 0 Å². The molecule has 1 N–H and O–H groups in total. The SMILES string of the molecule is COc1ccc(C(=O)Oc2ccc(Br)cc2/C=N/NC(=O)c2cc(OC)c(OC)c(OC)c2)cc1OC. The van der Waals surface area contributed by atoms with E-state index in [4.69, 9.17) is 28.4 Å². The normalized spacial score (nSPS) is 10.5. The van der Waals surface area contributed by atoms with Crippen LogP contribution in [-0.2, 0) is 0 Å². The molecule has 37 heavy (non-hydrogen) atoms. The molecule has 0 aromatic heterocycles. The molecule has 11 heteroatoms. The van der Waals surface area contributed by atoms with Crippen LogP contribution in [0.2, 0.25) is 0 Å². The number of halogens is 1. The lowest BCUT2D eigenvalue weighted by Crippen LogP contribution is -2.18. The smallest absolute Gasteiger partial charge is 0.343 e. The van der Waals surface area contributed by atoms with Crippen molar-refractivity contribution in [3.05, 3.63) is 69.7 Å². The van der Waals surface area contributed by atoms with Crippen molar-refractivity contribution in [3.63, 3.8) is 0 Å². The third-order valence-electron chi connectivity index (χ3n) is 5.09. The maximum Gasteiger partial charge on any atom is 0.343 e. The van der Waals surface area contributed by atoms with Crippen molar-refractivity contribution >= 4 is 34.0 Å². The summed E-state index contributed by atoms with van der Waals surface area (Å²) in [6.07, 6.45) is 1.36. The molecule has 0 aliphatic rings. The van der Waals surface area contributed by atoms with Gasteiger partial charge in [-0.3, -0.25) is 4.79 Å². The van der Waals surface area contributed by atoms with E-state index in [0.29, 0.717) is 34.3 Å². The Labute approximate surface area is 222 Å². The highest BCUT2D eigenvalue weighted by Crippen LogP contribution is 2.38. The van der Waals surface area contributed by atoms with Crippen LogP contribution in [0.5, 0.6) is 34.5 Å². The topological polar surface area (TPSA) is 114 Å². The molecule has 0 fully saturated rings. The van der Waals surface area contributed by atoms with Gasteiger partial charge >= 0.3 is 5.97 Å². The lowest BCUT2D eigenvalue weighted by molar-refractivity contribution is 0.0733. The zero-order valence-corrected chi connectivity index (χ0v) is 22.4. The van der Waals surface area contributed by atoms with Crippen molar-refractivity contribution in [2.75, 3.05) is 35.5 Å². The Hall–Kier alpha value is -4.25. The standard InChI is InChI=1S/C26H25BrN2O8/c1-32-20-8-6-15(11-21(20)33-2)26(31)37-19-9-7-18(27)10-17(19)14-28-29-25(30)16-12-22(34-3)24(36-5)23(13-16)35-4/h6-14H,1-5H3,(H,29,30)/b28-14+. The number of carbonyl (C=O) groups is 2. The Bertz CT molecular complexity index is 1300. The Balaban J connectivity index is 1.80. The first-order valence-electron chi connectivity index (χ1n) is 10.7. The van der Waals surface area contributed by atoms with E-state index in [-0.39, 0.29) is 16.9 Å². The van der Waals surface area contributed by atoms with E-state index in [1.165, 1.54) is 60.0 Å². The molecule has 194 valence electrons. The third kappa shape index (κ3) is 6.50. The van der Waals surface area contributed by atoms with Crippen LogP contribution < -0.4 is 33.8 Å². The first-order valence-corrected chi connectivity index (χ1v) is 11.5. The van der Waals surface area contributed by atoms with Gasteiger partial charge < -0.3 is 28.4 Å². The predicted octanol–water partition coefficient (Wildman–Crippen LogP) is 4.48. The molecule has 10 nitrogen and oxygen atoms in total. The van der Waals surface area contributed by atoms with E-state index in [1.54, 1.807) is 30.3 Å². The van der Waals surface area contributed by atoms with E-state index in [1.807, 2.05) is 0 Å². The fourth-order valence-electron chi connectivity index (χ4n) is 3.27. The van der Waals surface area contributed by atoms with Crippen LogP contribution in [0.25, 0.3) is 0 Å². The molecule has 1 amide bonds. The summed E-state index contributed by atoms with van der Waals surface area (Å²) in [6, 6.07) is 12.7. The quantitative estimate of drug-likeness (QED) is 0.164. The fraction of sp³-hybridized carbons (Fsp3) is 0.192. The summed E-state index contributed by atoms with van der Waals surface area (Å²) in [5.74, 6) is 0.990. The Kier molecular flexibility index (Phi) is 9.33. The lowest BCUT2D eigenvalue weighted by Gasteiger charge is -2.13. The number of hydrogen-bond acceptors (Lipinski definition) is 9. The Morgan fingerprint density at radius 2 is 1.32 bits per heavy atom. The molecule has 0 saturated heterocycles. The summed E-state index contributed by atoms with van der Waals surface area (Å²) in [6.45, 7) is 0. The first-order chi connectivity index (χ1) is 17.8. The van der Waals surface area contributed by atoms with E-state index >= 15 is 0 Å². The van der Waals surface area contributed by atoms with Crippen LogP contribution in [0.3, 0.4) is 0 Å². The highest BCUT2D eigenvalue weighted by Gasteiger charge is 2.17. The number of esters is 1. The molecule has 0 heterocycles. The van der Waals surface area contributed by atoms with Gasteiger partial charge in [0, 0.05) is 15.6 Å². The van der Waals surface area contributed by atoms with Crippen LogP contribution >= 0.6 is 15.9 Å². The number of amides is 1. The van der Waals surface area contributed by atoms with Crippen molar-refractivity contribution in [1.29, 1.82) is 0 Å². The van der Waals surface area contributed by atoms with Crippen molar-refractivity contribution < 1.29 is 38.0 Å². The molecule has 3 aromatic rings. The van der Waals surface area contributed by atoms with Gasteiger partial charge in [0.25, 0.3) is 5.91 Å². The van der Waals surface area contributed by atoms with Crippen LogP contribution in [0.15, 0.2) is 58.1 Å². The second-order valence-electron chi connectivity index (χ2n) is 7.25. The fourth-order valence-corrected chi connectivity index (χ4v) is 3.65. The highest BCUT2D eigenvalue weighted by atomic mass is 79.9. The zero-order valence-electron chi connectivity index (χ0n) is 20.8. The van der Waals surface area contributed by atoms with Crippen molar-refractivity contribution in [3.8, 4) is 34.5 Å². The van der Waals surface area contributed by atoms with E-state index in [9.17, 15) is 9.59 Å². The number of nitrogens with one attached hydrogen (secondary N) is 1. The second kappa shape index (κ2) is 12.6. The molecule has 0 bridgehead atoms. The Morgan fingerprint density at radius 3 is 1.92 bits per heavy atom. The molecule has 0 spiro atoms. The number of benzene rings is 3. The molecule has 0 aliphatic heterocycles. The van der Waals surface area contributed by atoms with Gasteiger partial charge in [0.15, 0.2) is 23.0 Å². The molecule has 3 aromatic carbocycles. The van der Waals surface area contributed by atoms with Gasteiger partial charge in [0.2, 0.25) is 5.75 Å². The minimum atomic E-state index is -0.612. The predicted molar refractivity (Wildman–Crippen MR) is 140 cm³/mol. The zero-order chi connectivity index (χ0) is 26.9. The molecule has 0 unspecified atom stereocenters. The third-order valence-corrected chi connectivity index (χ3v) is 5.58. The maximum atomic E-state index is 12.8. The Morgan fingerprint density at radius 1 is 0.730 bits per heavy atom. The number of nitrogens with zero attached hydrogens (tertiary/aromatic N) is 1. The minimum absolute atomic E-state index is 0.230. The molecule has 3 rings (SSSR count). The van der Waals surface area contributed by atoms with Crippen LogP contribution in [-0.4, -0.2) is 53.6 Å². The van der Waals surface area contributed by atoms with Crippen molar-refractivity contribution in [2.24, 2.45) is 5.10 Å². The van der Waals surface area contributed by atoms with E-state index < -0.39 is 11.9 Å². The highest BCUT2D eigenvalue weighted by molar-refractivity contribution is 9.10. The monoisotopic (exact) mass is 572 g/mol. The van der Waals surface area contributed by atoms with Crippen LogP contribution in [0.1, 0.15) is 26.3 Å². The molecule has 0 aliphatic carbocycles. The van der Waals surface area contributed by atoms with Crippen molar-refractivity contribution in [2.45, 2.75) is 0 Å². The number of hydrogen-bond donors (Lipinski definition) is 1. The minimum Gasteiger partial charge on any atom is -0.493 e. The van der Waals surface area contributed by atoms with Crippen molar-refractivity contribution in [1.82, 2.24) is 5.43 Å². The molecule has 0 radical (unpaired) electrons. The van der Waals surface area contributed by atoms with E-state index in [0.717, 1.165) is 4.47 Å². The summed E-state index contributed by atoms with van der Waals surface area (Å²) in [5, 5.41) is 4.02. The molecule has 0 saturated carbocycles. The van der Waals surface area contributed by atoms with Gasteiger partial charge in [0.1, 0.15) is 5.75 Å². The lowest BCUT2D eigenvalue weighted by atomic mass is 10.1. The number of ether oxygens (including phenoxy) is 6. The molecular weight excluding hydrogens is 548 g/mol. The number of carbonyl (C=O) groups excluding carboxylic acids is 2. The number of rotatable bonds is 10. The van der Waals surface area contributed by atoms with Gasteiger partial charge in [-0.05, 0) is 48.5 Å². The molecule has 0 atom stereocenters. The second-order valence-corrected chi connectivity index (χ2v) is 8.17. The summed E-state index contributed by atoms with van der Waals surface area (Å²) >= 11 is 3.39. The molecular formula is C26H25BrN2O8. The summed E-state index contributed by atoms with van der Waals surface area (Å²) in [7, 11) is 7.36. The van der Waals surface area contributed by atoms with Gasteiger partial charge in [-0.25, -0.2) is 10.2 Å². The average molecular weight is 573 g/mol. The summed E-state index contributed by atoms with van der Waals surface area (Å²) in [5.41, 5.74) is 3.38. The first kappa shape index (κ1) is 27.3.